The molecule has 0 aliphatic heterocycles. The zero-order chi connectivity index (χ0) is 18.0. The predicted molar refractivity (Wildman–Crippen MR) is 101 cm³/mol. The number of nitrogens with zero attached hydrogens (tertiary/aromatic N) is 2. The van der Waals surface area contributed by atoms with Gasteiger partial charge < -0.3 is 10.3 Å². The number of amides is 1. The first-order valence-electron chi connectivity index (χ1n) is 8.51. The lowest BCUT2D eigenvalue weighted by Crippen LogP contribution is -2.13. The highest BCUT2D eigenvalue weighted by Gasteiger charge is 2.24. The lowest BCUT2D eigenvalue weighted by molar-refractivity contribution is 0.1000. The molecule has 0 atom stereocenters. The van der Waals surface area contributed by atoms with E-state index in [1.54, 1.807) is 6.20 Å². The number of carbonyl (C=O) groups is 1. The fraction of sp³-hybridized carbons (Fsp3) is 0.238. The average molecular weight is 333 g/mol. The molecule has 1 aromatic carbocycles. The highest BCUT2D eigenvalue weighted by molar-refractivity contribution is 6.02. The number of carbonyl (C=O) groups excluding carboxylic acids is 1. The molecule has 2 heterocycles. The van der Waals surface area contributed by atoms with Crippen molar-refractivity contribution >= 4 is 5.91 Å². The van der Waals surface area contributed by atoms with Gasteiger partial charge in [-0.3, -0.25) is 9.78 Å². The van der Waals surface area contributed by atoms with Crippen LogP contribution in [0, 0.1) is 13.8 Å². The van der Waals surface area contributed by atoms with Crippen molar-refractivity contribution in [2.45, 2.75) is 33.7 Å². The van der Waals surface area contributed by atoms with E-state index in [2.05, 4.69) is 47.7 Å². The Morgan fingerprint density at radius 3 is 2.40 bits per heavy atom. The molecule has 4 nitrogen and oxygen atoms in total. The Labute approximate surface area is 148 Å². The first-order chi connectivity index (χ1) is 12.0. The zero-order valence-electron chi connectivity index (χ0n) is 14.9. The van der Waals surface area contributed by atoms with Crippen molar-refractivity contribution in [1.29, 1.82) is 0 Å². The van der Waals surface area contributed by atoms with E-state index in [1.165, 1.54) is 5.56 Å². The molecule has 3 rings (SSSR count). The van der Waals surface area contributed by atoms with Gasteiger partial charge in [-0.05, 0) is 38.0 Å². The van der Waals surface area contributed by atoms with Gasteiger partial charge in [0.1, 0.15) is 0 Å². The Bertz CT molecular complexity index is 893. The zero-order valence-corrected chi connectivity index (χ0v) is 14.9. The third-order valence-corrected chi connectivity index (χ3v) is 4.60. The SMILES string of the molecule is CCc1c(-c2ccc(C)cc2)c(C(N)=O)c(C)n1Cc1ccccn1. The topological polar surface area (TPSA) is 60.9 Å². The summed E-state index contributed by atoms with van der Waals surface area (Å²) in [4.78, 5) is 16.6. The van der Waals surface area contributed by atoms with Crippen molar-refractivity contribution in [3.8, 4) is 11.1 Å². The molecular weight excluding hydrogens is 310 g/mol. The molecule has 2 aromatic heterocycles. The van der Waals surface area contributed by atoms with Crippen molar-refractivity contribution in [3.63, 3.8) is 0 Å². The fourth-order valence-corrected chi connectivity index (χ4v) is 3.37. The first kappa shape index (κ1) is 17.0. The second-order valence-corrected chi connectivity index (χ2v) is 6.27. The van der Waals surface area contributed by atoms with Crippen LogP contribution in [0.3, 0.4) is 0 Å². The van der Waals surface area contributed by atoms with Crippen molar-refractivity contribution in [2.75, 3.05) is 0 Å². The van der Waals surface area contributed by atoms with Crippen LogP contribution in [0.15, 0.2) is 48.7 Å². The smallest absolute Gasteiger partial charge is 0.251 e. The molecule has 0 aliphatic rings. The van der Waals surface area contributed by atoms with E-state index in [9.17, 15) is 4.79 Å². The van der Waals surface area contributed by atoms with Crippen molar-refractivity contribution in [1.82, 2.24) is 9.55 Å². The van der Waals surface area contributed by atoms with Gasteiger partial charge in [-0.1, -0.05) is 42.8 Å². The minimum atomic E-state index is -0.387. The molecule has 0 radical (unpaired) electrons. The summed E-state index contributed by atoms with van der Waals surface area (Å²) in [6.45, 7) is 6.74. The molecule has 128 valence electrons. The van der Waals surface area contributed by atoms with Gasteiger partial charge in [0.25, 0.3) is 5.91 Å². The second-order valence-electron chi connectivity index (χ2n) is 6.27. The minimum absolute atomic E-state index is 0.387. The Morgan fingerprint density at radius 2 is 1.84 bits per heavy atom. The van der Waals surface area contributed by atoms with Gasteiger partial charge in [0.05, 0.1) is 17.8 Å². The summed E-state index contributed by atoms with van der Waals surface area (Å²) in [7, 11) is 0. The lowest BCUT2D eigenvalue weighted by Gasteiger charge is -2.11. The number of hydrogen-bond acceptors (Lipinski definition) is 2. The molecule has 0 saturated carbocycles. The molecule has 0 saturated heterocycles. The molecule has 25 heavy (non-hydrogen) atoms. The molecule has 0 spiro atoms. The van der Waals surface area contributed by atoms with Gasteiger partial charge in [-0.25, -0.2) is 0 Å². The van der Waals surface area contributed by atoms with Crippen LogP contribution in [0.4, 0.5) is 0 Å². The number of benzene rings is 1. The Balaban J connectivity index is 2.21. The summed E-state index contributed by atoms with van der Waals surface area (Å²) >= 11 is 0. The first-order valence-corrected chi connectivity index (χ1v) is 8.51. The van der Waals surface area contributed by atoms with E-state index in [-0.39, 0.29) is 5.91 Å². The van der Waals surface area contributed by atoms with Gasteiger partial charge in [0.15, 0.2) is 0 Å². The summed E-state index contributed by atoms with van der Waals surface area (Å²) < 4.78 is 2.16. The molecule has 3 aromatic rings. The Hall–Kier alpha value is -2.88. The van der Waals surface area contributed by atoms with E-state index in [0.29, 0.717) is 12.1 Å². The number of aryl methyl sites for hydroxylation is 1. The minimum Gasteiger partial charge on any atom is -0.366 e. The molecule has 0 bridgehead atoms. The molecule has 0 aliphatic carbocycles. The number of primary amides is 1. The second kappa shape index (κ2) is 6.93. The molecule has 0 fully saturated rings. The molecular formula is C21H23N3O. The van der Waals surface area contributed by atoms with Crippen LogP contribution < -0.4 is 5.73 Å². The van der Waals surface area contributed by atoms with Crippen molar-refractivity contribution in [2.24, 2.45) is 5.73 Å². The van der Waals surface area contributed by atoms with Crippen LogP contribution in [0.25, 0.3) is 11.1 Å². The average Bonchev–Trinajstić information content (AvgIpc) is 2.88. The number of nitrogens with two attached hydrogens (primary N) is 1. The maximum Gasteiger partial charge on any atom is 0.251 e. The highest BCUT2D eigenvalue weighted by Crippen LogP contribution is 2.33. The molecule has 4 heteroatoms. The lowest BCUT2D eigenvalue weighted by atomic mass is 9.98. The largest absolute Gasteiger partial charge is 0.366 e. The normalized spacial score (nSPS) is 10.8. The van der Waals surface area contributed by atoms with E-state index < -0.39 is 0 Å². The van der Waals surface area contributed by atoms with Crippen LogP contribution in [0.5, 0.6) is 0 Å². The third-order valence-electron chi connectivity index (χ3n) is 4.60. The monoisotopic (exact) mass is 333 g/mol. The van der Waals surface area contributed by atoms with Crippen LogP contribution >= 0.6 is 0 Å². The number of hydrogen-bond donors (Lipinski definition) is 1. The van der Waals surface area contributed by atoms with Crippen LogP contribution in [-0.4, -0.2) is 15.5 Å². The van der Waals surface area contributed by atoms with Crippen LogP contribution in [-0.2, 0) is 13.0 Å². The number of pyridine rings is 1. The summed E-state index contributed by atoms with van der Waals surface area (Å²) in [5, 5.41) is 0. The molecule has 0 unspecified atom stereocenters. The quantitative estimate of drug-likeness (QED) is 0.770. The number of rotatable bonds is 5. The van der Waals surface area contributed by atoms with Crippen molar-refractivity contribution < 1.29 is 4.79 Å². The summed E-state index contributed by atoms with van der Waals surface area (Å²) in [5.74, 6) is -0.387. The van der Waals surface area contributed by atoms with Gasteiger partial charge in [0, 0.05) is 23.1 Å². The van der Waals surface area contributed by atoms with Crippen LogP contribution in [0.1, 0.15) is 39.9 Å². The van der Waals surface area contributed by atoms with Gasteiger partial charge in [0.2, 0.25) is 0 Å². The number of aromatic nitrogens is 2. The maximum absolute atomic E-state index is 12.2. The molecule has 2 N–H and O–H groups in total. The van der Waals surface area contributed by atoms with E-state index >= 15 is 0 Å². The maximum atomic E-state index is 12.2. The van der Waals surface area contributed by atoms with Gasteiger partial charge in [-0.15, -0.1) is 0 Å². The molecule has 1 amide bonds. The van der Waals surface area contributed by atoms with Crippen molar-refractivity contribution in [3.05, 3.63) is 76.9 Å². The van der Waals surface area contributed by atoms with Gasteiger partial charge in [-0.2, -0.15) is 0 Å². The summed E-state index contributed by atoms with van der Waals surface area (Å²) in [6.07, 6.45) is 2.60. The third kappa shape index (κ3) is 3.20. The summed E-state index contributed by atoms with van der Waals surface area (Å²) in [5.41, 5.74) is 12.5. The highest BCUT2D eigenvalue weighted by atomic mass is 16.1. The van der Waals surface area contributed by atoms with E-state index in [4.69, 9.17) is 5.73 Å². The Kier molecular flexibility index (Phi) is 4.70. The summed E-state index contributed by atoms with van der Waals surface area (Å²) in [6, 6.07) is 14.1. The fourth-order valence-electron chi connectivity index (χ4n) is 3.37. The Morgan fingerprint density at radius 1 is 1.12 bits per heavy atom. The van der Waals surface area contributed by atoms with E-state index in [0.717, 1.165) is 34.6 Å². The van der Waals surface area contributed by atoms with Gasteiger partial charge >= 0.3 is 0 Å². The standard InChI is InChI=1S/C21H23N3O/c1-4-18-20(16-10-8-14(2)9-11-16)19(21(22)25)15(3)24(18)13-17-7-5-6-12-23-17/h5-12H,4,13H2,1-3H3,(H2,22,25). The predicted octanol–water partition coefficient (Wildman–Crippen LogP) is 3.88. The van der Waals surface area contributed by atoms with Crippen LogP contribution in [0.2, 0.25) is 0 Å². The van der Waals surface area contributed by atoms with E-state index in [1.807, 2.05) is 25.1 Å².